The summed E-state index contributed by atoms with van der Waals surface area (Å²) in [4.78, 5) is 11.5. The molecule has 2 atom stereocenters. The Hall–Kier alpha value is -1.83. The molecular weight excluding hydrogens is 354 g/mol. The molecule has 0 saturated carbocycles. The molecule has 1 aromatic heterocycles. The molecule has 0 aliphatic carbocycles. The SMILES string of the molecule is O=C(NCC(O)C(O)c1ccc(Br)o1)OCc1ccccc1. The highest BCUT2D eigenvalue weighted by atomic mass is 79.9. The minimum absolute atomic E-state index is 0.135. The Morgan fingerprint density at radius 3 is 2.59 bits per heavy atom. The van der Waals surface area contributed by atoms with Gasteiger partial charge in [0.05, 0.1) is 0 Å². The topological polar surface area (TPSA) is 91.9 Å². The van der Waals surface area contributed by atoms with Gasteiger partial charge in [-0.2, -0.15) is 0 Å². The highest BCUT2D eigenvalue weighted by Gasteiger charge is 2.22. The summed E-state index contributed by atoms with van der Waals surface area (Å²) in [7, 11) is 0. The number of rotatable bonds is 6. The highest BCUT2D eigenvalue weighted by Crippen LogP contribution is 2.22. The van der Waals surface area contributed by atoms with E-state index < -0.39 is 18.3 Å². The number of benzene rings is 1. The lowest BCUT2D eigenvalue weighted by atomic mass is 10.1. The Morgan fingerprint density at radius 1 is 1.23 bits per heavy atom. The van der Waals surface area contributed by atoms with Gasteiger partial charge in [-0.1, -0.05) is 30.3 Å². The number of furan rings is 1. The summed E-state index contributed by atoms with van der Waals surface area (Å²) in [6, 6.07) is 12.4. The smallest absolute Gasteiger partial charge is 0.407 e. The maximum Gasteiger partial charge on any atom is 0.407 e. The van der Waals surface area contributed by atoms with Crippen molar-refractivity contribution in [3.63, 3.8) is 0 Å². The number of alkyl carbamates (subject to hydrolysis) is 1. The van der Waals surface area contributed by atoms with Gasteiger partial charge in [0.25, 0.3) is 0 Å². The molecule has 7 heteroatoms. The van der Waals surface area contributed by atoms with Gasteiger partial charge in [0.15, 0.2) is 4.67 Å². The largest absolute Gasteiger partial charge is 0.451 e. The van der Waals surface area contributed by atoms with E-state index in [1.807, 2.05) is 30.3 Å². The van der Waals surface area contributed by atoms with Gasteiger partial charge in [-0.05, 0) is 33.6 Å². The van der Waals surface area contributed by atoms with Crippen LogP contribution in [0.5, 0.6) is 0 Å². The van der Waals surface area contributed by atoms with Crippen LogP contribution < -0.4 is 5.32 Å². The molecule has 0 spiro atoms. The molecule has 118 valence electrons. The van der Waals surface area contributed by atoms with Gasteiger partial charge in [0.2, 0.25) is 0 Å². The fourth-order valence-corrected chi connectivity index (χ4v) is 2.07. The molecule has 0 aliphatic rings. The fourth-order valence-electron chi connectivity index (χ4n) is 1.75. The van der Waals surface area contributed by atoms with Crippen molar-refractivity contribution in [2.45, 2.75) is 18.8 Å². The van der Waals surface area contributed by atoms with Crippen molar-refractivity contribution in [3.05, 3.63) is 58.5 Å². The predicted octanol–water partition coefficient (Wildman–Crippen LogP) is 2.36. The van der Waals surface area contributed by atoms with Crippen molar-refractivity contribution in [2.24, 2.45) is 0 Å². The monoisotopic (exact) mass is 369 g/mol. The molecule has 0 aliphatic heterocycles. The Morgan fingerprint density at radius 2 is 1.95 bits per heavy atom. The van der Waals surface area contributed by atoms with E-state index in [1.54, 1.807) is 6.07 Å². The molecule has 6 nitrogen and oxygen atoms in total. The first-order valence-electron chi connectivity index (χ1n) is 6.62. The number of carbonyl (C=O) groups excluding carboxylic acids is 1. The Bertz CT molecular complexity index is 601. The number of aliphatic hydroxyl groups excluding tert-OH is 2. The number of aliphatic hydroxyl groups is 2. The number of amides is 1. The second-order valence-corrected chi connectivity index (χ2v) is 5.38. The van der Waals surface area contributed by atoms with Crippen molar-refractivity contribution < 1.29 is 24.2 Å². The van der Waals surface area contributed by atoms with Crippen LogP contribution in [-0.2, 0) is 11.3 Å². The first kappa shape index (κ1) is 16.5. The van der Waals surface area contributed by atoms with Crippen LogP contribution >= 0.6 is 15.9 Å². The number of ether oxygens (including phenoxy) is 1. The zero-order chi connectivity index (χ0) is 15.9. The molecular formula is C15H16BrNO5. The van der Waals surface area contributed by atoms with Crippen molar-refractivity contribution in [3.8, 4) is 0 Å². The lowest BCUT2D eigenvalue weighted by molar-refractivity contribution is 0.00550. The lowest BCUT2D eigenvalue weighted by Crippen LogP contribution is -2.35. The van der Waals surface area contributed by atoms with E-state index in [2.05, 4.69) is 21.2 Å². The third-order valence-corrected chi connectivity index (χ3v) is 3.34. The number of carbonyl (C=O) groups is 1. The molecule has 0 saturated heterocycles. The Labute approximate surface area is 135 Å². The second-order valence-electron chi connectivity index (χ2n) is 4.60. The minimum Gasteiger partial charge on any atom is -0.451 e. The van der Waals surface area contributed by atoms with Crippen LogP contribution in [0.15, 0.2) is 51.6 Å². The zero-order valence-corrected chi connectivity index (χ0v) is 13.2. The average molecular weight is 370 g/mol. The van der Waals surface area contributed by atoms with E-state index in [1.165, 1.54) is 6.07 Å². The Balaban J connectivity index is 1.73. The maximum atomic E-state index is 11.5. The van der Waals surface area contributed by atoms with E-state index in [-0.39, 0.29) is 18.9 Å². The molecule has 0 bridgehead atoms. The van der Waals surface area contributed by atoms with Crippen LogP contribution in [0.1, 0.15) is 17.4 Å². The standard InChI is InChI=1S/C15H16BrNO5/c16-13-7-6-12(22-13)14(19)11(18)8-17-15(20)21-9-10-4-2-1-3-5-10/h1-7,11,14,18-19H,8-9H2,(H,17,20). The first-order valence-corrected chi connectivity index (χ1v) is 7.41. The molecule has 1 amide bonds. The summed E-state index contributed by atoms with van der Waals surface area (Å²) in [5.74, 6) is 0.207. The van der Waals surface area contributed by atoms with Crippen molar-refractivity contribution >= 4 is 22.0 Å². The summed E-state index contributed by atoms with van der Waals surface area (Å²) in [5, 5.41) is 22.1. The van der Waals surface area contributed by atoms with Gasteiger partial charge >= 0.3 is 6.09 Å². The third kappa shape index (κ3) is 4.87. The number of hydrogen-bond acceptors (Lipinski definition) is 5. The quantitative estimate of drug-likeness (QED) is 0.726. The van der Waals surface area contributed by atoms with Crippen LogP contribution in [0.4, 0.5) is 4.79 Å². The summed E-state index contributed by atoms with van der Waals surface area (Å²) < 4.78 is 10.6. The first-order chi connectivity index (χ1) is 10.6. The summed E-state index contributed by atoms with van der Waals surface area (Å²) in [6.45, 7) is -0.0242. The fraction of sp³-hybridized carbons (Fsp3) is 0.267. The number of halogens is 1. The maximum absolute atomic E-state index is 11.5. The summed E-state index contributed by atoms with van der Waals surface area (Å²) in [5.41, 5.74) is 0.860. The minimum atomic E-state index is -1.24. The molecule has 2 rings (SSSR count). The van der Waals surface area contributed by atoms with Gasteiger partial charge in [0.1, 0.15) is 24.6 Å². The normalized spacial score (nSPS) is 13.4. The highest BCUT2D eigenvalue weighted by molar-refractivity contribution is 9.10. The third-order valence-electron chi connectivity index (χ3n) is 2.92. The van der Waals surface area contributed by atoms with Crippen molar-refractivity contribution in [1.82, 2.24) is 5.32 Å². The van der Waals surface area contributed by atoms with Crippen molar-refractivity contribution in [1.29, 1.82) is 0 Å². The van der Waals surface area contributed by atoms with Crippen LogP contribution in [0.25, 0.3) is 0 Å². The molecule has 22 heavy (non-hydrogen) atoms. The average Bonchev–Trinajstić information content (AvgIpc) is 2.97. The van der Waals surface area contributed by atoms with E-state index in [0.29, 0.717) is 4.67 Å². The molecule has 1 aromatic carbocycles. The lowest BCUT2D eigenvalue weighted by Gasteiger charge is -2.16. The molecule has 0 radical (unpaired) electrons. The van der Waals surface area contributed by atoms with Gasteiger partial charge in [-0.25, -0.2) is 4.79 Å². The van der Waals surface area contributed by atoms with Gasteiger partial charge in [-0.15, -0.1) is 0 Å². The predicted molar refractivity (Wildman–Crippen MR) is 82.0 cm³/mol. The molecule has 3 N–H and O–H groups in total. The second kappa shape index (κ2) is 7.98. The molecule has 1 heterocycles. The van der Waals surface area contributed by atoms with Gasteiger partial charge in [-0.3, -0.25) is 0 Å². The van der Waals surface area contributed by atoms with E-state index >= 15 is 0 Å². The van der Waals surface area contributed by atoms with E-state index in [4.69, 9.17) is 9.15 Å². The Kier molecular flexibility index (Phi) is 6.00. The molecule has 2 unspecified atom stereocenters. The number of nitrogens with one attached hydrogen (secondary N) is 1. The molecule has 0 fully saturated rings. The van der Waals surface area contributed by atoms with Crippen LogP contribution in [0, 0.1) is 0 Å². The van der Waals surface area contributed by atoms with Gasteiger partial charge < -0.3 is 24.7 Å². The number of hydrogen-bond donors (Lipinski definition) is 3. The van der Waals surface area contributed by atoms with Crippen LogP contribution in [0.3, 0.4) is 0 Å². The van der Waals surface area contributed by atoms with Crippen LogP contribution in [-0.4, -0.2) is 29.0 Å². The zero-order valence-electron chi connectivity index (χ0n) is 11.6. The van der Waals surface area contributed by atoms with Crippen LogP contribution in [0.2, 0.25) is 0 Å². The van der Waals surface area contributed by atoms with E-state index in [0.717, 1.165) is 5.56 Å². The van der Waals surface area contributed by atoms with E-state index in [9.17, 15) is 15.0 Å². The molecule has 2 aromatic rings. The summed E-state index contributed by atoms with van der Waals surface area (Å²) >= 11 is 3.11. The summed E-state index contributed by atoms with van der Waals surface area (Å²) in [6.07, 6.45) is -3.11. The van der Waals surface area contributed by atoms with Gasteiger partial charge in [0, 0.05) is 6.54 Å². The van der Waals surface area contributed by atoms with Crippen molar-refractivity contribution in [2.75, 3.05) is 6.54 Å².